The SMILES string of the molecule is CCOC(=O)CCN1CC(=O)N(C)C1=O. The zero-order valence-corrected chi connectivity index (χ0v) is 8.86. The molecule has 1 heterocycles. The number of ether oxygens (including phenoxy) is 1. The van der Waals surface area contributed by atoms with E-state index < -0.39 is 0 Å². The fraction of sp³-hybridized carbons (Fsp3) is 0.667. The number of rotatable bonds is 4. The van der Waals surface area contributed by atoms with Gasteiger partial charge in [0.05, 0.1) is 13.0 Å². The predicted molar refractivity (Wildman–Crippen MR) is 51.0 cm³/mol. The Morgan fingerprint density at radius 3 is 2.60 bits per heavy atom. The minimum atomic E-state index is -0.357. The first-order valence-corrected chi connectivity index (χ1v) is 4.77. The van der Waals surface area contributed by atoms with E-state index in [0.717, 1.165) is 4.90 Å². The minimum Gasteiger partial charge on any atom is -0.466 e. The second kappa shape index (κ2) is 4.77. The smallest absolute Gasteiger partial charge is 0.326 e. The molecule has 6 heteroatoms. The second-order valence-electron chi connectivity index (χ2n) is 3.21. The molecule has 3 amide bonds. The maximum absolute atomic E-state index is 11.4. The number of nitrogens with zero attached hydrogens (tertiary/aromatic N) is 2. The molecule has 0 aromatic carbocycles. The summed E-state index contributed by atoms with van der Waals surface area (Å²) in [5.74, 6) is -0.601. The molecule has 1 aliphatic heterocycles. The van der Waals surface area contributed by atoms with Crippen LogP contribution in [0.2, 0.25) is 0 Å². The minimum absolute atomic E-state index is 0.0503. The standard InChI is InChI=1S/C9H14N2O4/c1-3-15-8(13)4-5-11-6-7(12)10(2)9(11)14/h3-6H2,1-2H3. The van der Waals surface area contributed by atoms with Crippen LogP contribution in [0.15, 0.2) is 0 Å². The zero-order valence-electron chi connectivity index (χ0n) is 8.86. The molecule has 1 rings (SSSR count). The number of hydrogen-bond acceptors (Lipinski definition) is 4. The highest BCUT2D eigenvalue weighted by molar-refractivity contribution is 6.01. The lowest BCUT2D eigenvalue weighted by Crippen LogP contribution is -2.31. The second-order valence-corrected chi connectivity index (χ2v) is 3.21. The number of carbonyl (C=O) groups is 3. The third-order valence-corrected chi connectivity index (χ3v) is 2.15. The molecule has 84 valence electrons. The van der Waals surface area contributed by atoms with E-state index in [1.165, 1.54) is 11.9 Å². The van der Waals surface area contributed by atoms with Gasteiger partial charge in [-0.3, -0.25) is 14.5 Å². The van der Waals surface area contributed by atoms with Crippen LogP contribution in [0.4, 0.5) is 4.79 Å². The van der Waals surface area contributed by atoms with Crippen molar-refractivity contribution in [3.8, 4) is 0 Å². The normalized spacial score (nSPS) is 16.1. The van der Waals surface area contributed by atoms with E-state index >= 15 is 0 Å². The van der Waals surface area contributed by atoms with Crippen LogP contribution in [-0.4, -0.2) is 54.5 Å². The molecule has 0 aliphatic carbocycles. The Hall–Kier alpha value is -1.59. The van der Waals surface area contributed by atoms with E-state index in [2.05, 4.69) is 0 Å². The number of carbonyl (C=O) groups excluding carboxylic acids is 3. The van der Waals surface area contributed by atoms with Gasteiger partial charge in [-0.1, -0.05) is 0 Å². The fourth-order valence-corrected chi connectivity index (χ4v) is 1.29. The average Bonchev–Trinajstić information content (AvgIpc) is 2.43. The first kappa shape index (κ1) is 11.5. The van der Waals surface area contributed by atoms with Gasteiger partial charge in [-0.05, 0) is 6.92 Å². The van der Waals surface area contributed by atoms with Gasteiger partial charge in [-0.25, -0.2) is 4.79 Å². The lowest BCUT2D eigenvalue weighted by Gasteiger charge is -2.13. The quantitative estimate of drug-likeness (QED) is 0.481. The van der Waals surface area contributed by atoms with Gasteiger partial charge in [0.2, 0.25) is 5.91 Å². The van der Waals surface area contributed by atoms with Crippen molar-refractivity contribution in [1.82, 2.24) is 9.80 Å². The summed E-state index contributed by atoms with van der Waals surface area (Å²) < 4.78 is 4.72. The molecule has 1 fully saturated rings. The van der Waals surface area contributed by atoms with E-state index in [1.54, 1.807) is 6.92 Å². The van der Waals surface area contributed by atoms with Crippen molar-refractivity contribution in [1.29, 1.82) is 0 Å². The van der Waals surface area contributed by atoms with Crippen molar-refractivity contribution in [2.75, 3.05) is 26.7 Å². The van der Waals surface area contributed by atoms with Crippen molar-refractivity contribution in [2.24, 2.45) is 0 Å². The van der Waals surface area contributed by atoms with E-state index in [1.807, 2.05) is 0 Å². The molecular formula is C9H14N2O4. The summed E-state index contributed by atoms with van der Waals surface area (Å²) in [5, 5.41) is 0. The third-order valence-electron chi connectivity index (χ3n) is 2.15. The molecule has 0 unspecified atom stereocenters. The average molecular weight is 214 g/mol. The van der Waals surface area contributed by atoms with Crippen LogP contribution in [0, 0.1) is 0 Å². The number of urea groups is 1. The van der Waals surface area contributed by atoms with E-state index in [0.29, 0.717) is 6.61 Å². The summed E-state index contributed by atoms with van der Waals surface area (Å²) in [7, 11) is 1.43. The Labute approximate surface area is 87.8 Å². The van der Waals surface area contributed by atoms with Gasteiger partial charge in [-0.2, -0.15) is 0 Å². The number of hydrogen-bond donors (Lipinski definition) is 0. The topological polar surface area (TPSA) is 66.9 Å². The maximum atomic E-state index is 11.4. The van der Waals surface area contributed by atoms with Crippen LogP contribution < -0.4 is 0 Å². The molecule has 0 N–H and O–H groups in total. The van der Waals surface area contributed by atoms with Crippen molar-refractivity contribution in [3.05, 3.63) is 0 Å². The zero-order chi connectivity index (χ0) is 11.4. The van der Waals surface area contributed by atoms with Gasteiger partial charge in [0.25, 0.3) is 0 Å². The summed E-state index contributed by atoms with van der Waals surface area (Å²) >= 11 is 0. The van der Waals surface area contributed by atoms with Crippen LogP contribution in [0.3, 0.4) is 0 Å². The molecule has 0 saturated carbocycles. The van der Waals surface area contributed by atoms with Gasteiger partial charge in [0.1, 0.15) is 6.54 Å². The summed E-state index contributed by atoms with van der Waals surface area (Å²) in [5.41, 5.74) is 0. The Morgan fingerprint density at radius 1 is 1.47 bits per heavy atom. The summed E-state index contributed by atoms with van der Waals surface area (Å²) in [6.45, 7) is 2.32. The highest BCUT2D eigenvalue weighted by atomic mass is 16.5. The molecule has 0 aromatic rings. The number of amides is 3. The third kappa shape index (κ3) is 2.68. The maximum Gasteiger partial charge on any atom is 0.326 e. The van der Waals surface area contributed by atoms with E-state index in [-0.39, 0.29) is 37.4 Å². The first-order chi connectivity index (χ1) is 7.06. The lowest BCUT2D eigenvalue weighted by atomic mass is 10.4. The monoisotopic (exact) mass is 214 g/mol. The summed E-state index contributed by atoms with van der Waals surface area (Å²) in [6, 6.07) is -0.357. The highest BCUT2D eigenvalue weighted by Crippen LogP contribution is 2.08. The number of esters is 1. The van der Waals surface area contributed by atoms with Gasteiger partial charge < -0.3 is 9.64 Å². The van der Waals surface area contributed by atoms with Crippen LogP contribution in [0.5, 0.6) is 0 Å². The fourth-order valence-electron chi connectivity index (χ4n) is 1.29. The summed E-state index contributed by atoms with van der Waals surface area (Å²) in [4.78, 5) is 35.9. The Bertz CT molecular complexity index is 290. The Balaban J connectivity index is 2.37. The highest BCUT2D eigenvalue weighted by Gasteiger charge is 2.32. The van der Waals surface area contributed by atoms with Gasteiger partial charge in [-0.15, -0.1) is 0 Å². The molecule has 15 heavy (non-hydrogen) atoms. The number of likely N-dealkylation sites (N-methyl/N-ethyl adjacent to an activating group) is 1. The van der Waals surface area contributed by atoms with Gasteiger partial charge in [0.15, 0.2) is 0 Å². The first-order valence-electron chi connectivity index (χ1n) is 4.77. The lowest BCUT2D eigenvalue weighted by molar-refractivity contribution is -0.143. The predicted octanol–water partition coefficient (Wildman–Crippen LogP) is -0.166. The molecule has 6 nitrogen and oxygen atoms in total. The molecular weight excluding hydrogens is 200 g/mol. The molecule has 0 bridgehead atoms. The van der Waals surface area contributed by atoms with Gasteiger partial charge in [0, 0.05) is 13.6 Å². The molecule has 0 spiro atoms. The van der Waals surface area contributed by atoms with Crippen molar-refractivity contribution in [3.63, 3.8) is 0 Å². The van der Waals surface area contributed by atoms with E-state index in [4.69, 9.17) is 4.74 Å². The van der Waals surface area contributed by atoms with Crippen LogP contribution in [0.25, 0.3) is 0 Å². The molecule has 0 aromatic heterocycles. The Morgan fingerprint density at radius 2 is 2.13 bits per heavy atom. The van der Waals surface area contributed by atoms with Gasteiger partial charge >= 0.3 is 12.0 Å². The molecule has 1 aliphatic rings. The molecule has 0 radical (unpaired) electrons. The molecule has 0 atom stereocenters. The Kier molecular flexibility index (Phi) is 3.65. The number of imide groups is 1. The molecule has 1 saturated heterocycles. The van der Waals surface area contributed by atoms with Crippen LogP contribution >= 0.6 is 0 Å². The van der Waals surface area contributed by atoms with Crippen LogP contribution in [0.1, 0.15) is 13.3 Å². The summed E-state index contributed by atoms with van der Waals surface area (Å²) in [6.07, 6.45) is 0.126. The van der Waals surface area contributed by atoms with Crippen LogP contribution in [-0.2, 0) is 14.3 Å². The van der Waals surface area contributed by atoms with E-state index in [9.17, 15) is 14.4 Å². The van der Waals surface area contributed by atoms with Crippen molar-refractivity contribution < 1.29 is 19.1 Å². The van der Waals surface area contributed by atoms with Crippen molar-refractivity contribution >= 4 is 17.9 Å². The van der Waals surface area contributed by atoms with Crippen molar-refractivity contribution in [2.45, 2.75) is 13.3 Å². The largest absolute Gasteiger partial charge is 0.466 e.